The second-order valence-electron chi connectivity index (χ2n) is 5.23. The first kappa shape index (κ1) is 14.0. The van der Waals surface area contributed by atoms with Crippen LogP contribution in [0.15, 0.2) is 24.3 Å². The summed E-state index contributed by atoms with van der Waals surface area (Å²) < 4.78 is 13.5. The van der Waals surface area contributed by atoms with Gasteiger partial charge in [0.1, 0.15) is 5.82 Å². The number of carbonyl (C=O) groups excluding carboxylic acids is 1. The first-order valence-electron chi connectivity index (χ1n) is 6.90. The van der Waals surface area contributed by atoms with Crippen LogP contribution in [-0.4, -0.2) is 19.0 Å². The lowest BCUT2D eigenvalue weighted by Crippen LogP contribution is -2.42. The van der Waals surface area contributed by atoms with Gasteiger partial charge in [0.2, 0.25) is 5.91 Å². The first-order chi connectivity index (χ1) is 9.18. The number of hydrogen-bond acceptors (Lipinski definition) is 2. The predicted octanol–water partition coefficient (Wildman–Crippen LogP) is 2.22. The lowest BCUT2D eigenvalue weighted by molar-refractivity contribution is -0.130. The van der Waals surface area contributed by atoms with Crippen LogP contribution in [0, 0.1) is 11.2 Å². The van der Waals surface area contributed by atoms with Crippen molar-refractivity contribution in [3.63, 3.8) is 0 Å². The molecule has 19 heavy (non-hydrogen) atoms. The molecule has 0 aromatic heterocycles. The summed E-state index contributed by atoms with van der Waals surface area (Å²) in [7, 11) is 0. The average Bonchev–Trinajstić information content (AvgIpc) is 2.88. The number of carbonyl (C=O) groups is 1. The summed E-state index contributed by atoms with van der Waals surface area (Å²) in [6, 6.07) is 6.55. The van der Waals surface area contributed by atoms with Crippen LogP contribution in [0.1, 0.15) is 31.7 Å². The summed E-state index contributed by atoms with van der Waals surface area (Å²) in [6.45, 7) is 3.96. The van der Waals surface area contributed by atoms with Crippen molar-refractivity contribution < 1.29 is 9.18 Å². The van der Waals surface area contributed by atoms with E-state index in [0.717, 1.165) is 32.4 Å². The third-order valence-electron chi connectivity index (χ3n) is 3.85. The summed E-state index contributed by atoms with van der Waals surface area (Å²) in [5.41, 5.74) is 0.230. The normalized spacial score (nSPS) is 22.4. The third kappa shape index (κ3) is 3.13. The Hall–Kier alpha value is -1.42. The van der Waals surface area contributed by atoms with Crippen LogP contribution in [-0.2, 0) is 11.3 Å². The molecule has 2 N–H and O–H groups in total. The number of benzene rings is 1. The zero-order valence-electron chi connectivity index (χ0n) is 11.3. The van der Waals surface area contributed by atoms with E-state index < -0.39 is 0 Å². The van der Waals surface area contributed by atoms with Gasteiger partial charge in [-0.1, -0.05) is 31.5 Å². The second-order valence-corrected chi connectivity index (χ2v) is 5.23. The summed E-state index contributed by atoms with van der Waals surface area (Å²) in [5, 5.41) is 6.14. The smallest absolute Gasteiger partial charge is 0.227 e. The highest BCUT2D eigenvalue weighted by molar-refractivity contribution is 5.83. The number of hydrogen-bond donors (Lipinski definition) is 2. The lowest BCUT2D eigenvalue weighted by atomic mass is 9.81. The monoisotopic (exact) mass is 264 g/mol. The van der Waals surface area contributed by atoms with E-state index in [1.165, 1.54) is 6.07 Å². The Labute approximate surface area is 113 Å². The number of rotatable bonds is 5. The van der Waals surface area contributed by atoms with Gasteiger partial charge in [-0.15, -0.1) is 0 Å². The minimum Gasteiger partial charge on any atom is -0.351 e. The molecule has 1 aromatic rings. The molecule has 1 amide bonds. The molecule has 2 rings (SSSR count). The van der Waals surface area contributed by atoms with Crippen molar-refractivity contribution in [2.75, 3.05) is 13.1 Å². The van der Waals surface area contributed by atoms with Gasteiger partial charge in [-0.05, 0) is 25.5 Å². The fourth-order valence-corrected chi connectivity index (χ4v) is 2.75. The van der Waals surface area contributed by atoms with Crippen LogP contribution in [0.3, 0.4) is 0 Å². The highest BCUT2D eigenvalue weighted by atomic mass is 19.1. The van der Waals surface area contributed by atoms with Crippen LogP contribution < -0.4 is 10.6 Å². The van der Waals surface area contributed by atoms with Crippen molar-refractivity contribution in [1.29, 1.82) is 0 Å². The highest BCUT2D eigenvalue weighted by Gasteiger charge is 2.39. The summed E-state index contributed by atoms with van der Waals surface area (Å²) in [4.78, 5) is 12.4. The molecule has 1 aliphatic rings. The van der Waals surface area contributed by atoms with Crippen LogP contribution in [0.4, 0.5) is 4.39 Å². The molecule has 1 aromatic carbocycles. The molecule has 4 heteroatoms. The van der Waals surface area contributed by atoms with Crippen molar-refractivity contribution in [3.05, 3.63) is 35.6 Å². The van der Waals surface area contributed by atoms with E-state index in [2.05, 4.69) is 17.6 Å². The number of amides is 1. The van der Waals surface area contributed by atoms with Crippen molar-refractivity contribution in [2.45, 2.75) is 32.7 Å². The topological polar surface area (TPSA) is 41.1 Å². The maximum absolute atomic E-state index is 13.5. The standard InChI is InChI=1S/C15H21FN2O/c1-2-7-15(8-9-17-11-15)14(19)18-10-12-5-3-4-6-13(12)16/h3-6,17H,2,7-11H2,1H3,(H,18,19). The van der Waals surface area contributed by atoms with Gasteiger partial charge in [0.15, 0.2) is 0 Å². The highest BCUT2D eigenvalue weighted by Crippen LogP contribution is 2.31. The SMILES string of the molecule is CCCC1(C(=O)NCc2ccccc2F)CCNC1. The van der Waals surface area contributed by atoms with E-state index in [0.29, 0.717) is 5.56 Å². The van der Waals surface area contributed by atoms with Crippen molar-refractivity contribution in [2.24, 2.45) is 5.41 Å². The second kappa shape index (κ2) is 6.15. The maximum atomic E-state index is 13.5. The van der Waals surface area contributed by atoms with E-state index in [4.69, 9.17) is 0 Å². The molecular weight excluding hydrogens is 243 g/mol. The average molecular weight is 264 g/mol. The van der Waals surface area contributed by atoms with E-state index >= 15 is 0 Å². The Kier molecular flexibility index (Phi) is 4.53. The Bertz CT molecular complexity index is 442. The van der Waals surface area contributed by atoms with Crippen LogP contribution in [0.5, 0.6) is 0 Å². The van der Waals surface area contributed by atoms with Gasteiger partial charge in [-0.25, -0.2) is 4.39 Å². The maximum Gasteiger partial charge on any atom is 0.227 e. The quantitative estimate of drug-likeness (QED) is 0.856. The van der Waals surface area contributed by atoms with Crippen LogP contribution >= 0.6 is 0 Å². The van der Waals surface area contributed by atoms with Gasteiger partial charge in [0, 0.05) is 18.7 Å². The zero-order chi connectivity index (χ0) is 13.7. The Morgan fingerprint density at radius 1 is 1.47 bits per heavy atom. The summed E-state index contributed by atoms with van der Waals surface area (Å²) in [6.07, 6.45) is 2.72. The summed E-state index contributed by atoms with van der Waals surface area (Å²) >= 11 is 0. The van der Waals surface area contributed by atoms with Crippen LogP contribution in [0.25, 0.3) is 0 Å². The molecule has 1 aliphatic heterocycles. The molecule has 1 fully saturated rings. The molecule has 0 saturated carbocycles. The molecule has 0 radical (unpaired) electrons. The molecule has 1 atom stereocenters. The molecule has 0 aliphatic carbocycles. The minimum atomic E-state index is -0.306. The van der Waals surface area contributed by atoms with Crippen molar-refractivity contribution in [1.82, 2.24) is 10.6 Å². The molecule has 0 bridgehead atoms. The lowest BCUT2D eigenvalue weighted by Gasteiger charge is -2.26. The van der Waals surface area contributed by atoms with Gasteiger partial charge < -0.3 is 10.6 Å². The molecular formula is C15H21FN2O. The van der Waals surface area contributed by atoms with Gasteiger partial charge in [0.25, 0.3) is 0 Å². The van der Waals surface area contributed by atoms with Gasteiger partial charge in [-0.2, -0.15) is 0 Å². The number of halogens is 1. The summed E-state index contributed by atoms with van der Waals surface area (Å²) in [5.74, 6) is -0.223. The molecule has 1 saturated heterocycles. The predicted molar refractivity (Wildman–Crippen MR) is 73.1 cm³/mol. The van der Waals surface area contributed by atoms with E-state index in [1.807, 2.05) is 0 Å². The Morgan fingerprint density at radius 3 is 2.89 bits per heavy atom. The first-order valence-corrected chi connectivity index (χ1v) is 6.90. The molecule has 1 unspecified atom stereocenters. The van der Waals surface area contributed by atoms with Gasteiger partial charge in [-0.3, -0.25) is 4.79 Å². The Morgan fingerprint density at radius 2 is 2.26 bits per heavy atom. The fourth-order valence-electron chi connectivity index (χ4n) is 2.75. The minimum absolute atomic E-state index is 0.0441. The molecule has 1 heterocycles. The molecule has 3 nitrogen and oxygen atoms in total. The zero-order valence-corrected chi connectivity index (χ0v) is 11.3. The molecule has 0 spiro atoms. The third-order valence-corrected chi connectivity index (χ3v) is 3.85. The van der Waals surface area contributed by atoms with Crippen molar-refractivity contribution in [3.8, 4) is 0 Å². The van der Waals surface area contributed by atoms with Crippen LogP contribution in [0.2, 0.25) is 0 Å². The van der Waals surface area contributed by atoms with Gasteiger partial charge in [0.05, 0.1) is 5.41 Å². The van der Waals surface area contributed by atoms with Crippen molar-refractivity contribution >= 4 is 5.91 Å². The van der Waals surface area contributed by atoms with Gasteiger partial charge >= 0.3 is 0 Å². The van der Waals surface area contributed by atoms with E-state index in [1.54, 1.807) is 18.2 Å². The Balaban J connectivity index is 1.98. The fraction of sp³-hybridized carbons (Fsp3) is 0.533. The largest absolute Gasteiger partial charge is 0.351 e. The molecule has 104 valence electrons. The van der Waals surface area contributed by atoms with E-state index in [-0.39, 0.29) is 23.7 Å². The van der Waals surface area contributed by atoms with E-state index in [9.17, 15) is 9.18 Å². The number of nitrogens with one attached hydrogen (secondary N) is 2.